The standard InChI is InChI=1S/C14H27N3O2/c1-10(14(18)16-6-7-19-2)17-8-11-4-3-5-13(15)12(11)9-17/h10-13H,3-9,15H2,1-2H3,(H,16,18). The predicted octanol–water partition coefficient (Wildman–Crippen LogP) is 0.197. The summed E-state index contributed by atoms with van der Waals surface area (Å²) < 4.78 is 4.94. The van der Waals surface area contributed by atoms with Crippen molar-refractivity contribution in [3.63, 3.8) is 0 Å². The van der Waals surface area contributed by atoms with Crippen molar-refractivity contribution in [1.82, 2.24) is 10.2 Å². The second-order valence-corrected chi connectivity index (χ2v) is 5.93. The largest absolute Gasteiger partial charge is 0.383 e. The molecular weight excluding hydrogens is 242 g/mol. The Hall–Kier alpha value is -0.650. The Balaban J connectivity index is 1.83. The molecule has 1 saturated carbocycles. The molecule has 0 radical (unpaired) electrons. The highest BCUT2D eigenvalue weighted by atomic mass is 16.5. The van der Waals surface area contributed by atoms with Crippen LogP contribution in [0.25, 0.3) is 0 Å². The van der Waals surface area contributed by atoms with Gasteiger partial charge in [0.05, 0.1) is 12.6 Å². The number of ether oxygens (including phenoxy) is 1. The fourth-order valence-electron chi connectivity index (χ4n) is 3.46. The van der Waals surface area contributed by atoms with Crippen LogP contribution in [0, 0.1) is 11.8 Å². The molecular formula is C14H27N3O2. The smallest absolute Gasteiger partial charge is 0.237 e. The molecule has 1 aliphatic carbocycles. The maximum atomic E-state index is 12.1. The van der Waals surface area contributed by atoms with Crippen LogP contribution in [0.4, 0.5) is 0 Å². The van der Waals surface area contributed by atoms with Gasteiger partial charge < -0.3 is 15.8 Å². The molecule has 19 heavy (non-hydrogen) atoms. The Bertz CT molecular complexity index is 311. The summed E-state index contributed by atoms with van der Waals surface area (Å²) in [6.07, 6.45) is 3.65. The average Bonchev–Trinajstić information content (AvgIpc) is 2.83. The summed E-state index contributed by atoms with van der Waals surface area (Å²) in [6.45, 7) is 5.14. The molecule has 4 unspecified atom stereocenters. The van der Waals surface area contributed by atoms with Crippen LogP contribution < -0.4 is 11.1 Å². The van der Waals surface area contributed by atoms with E-state index in [0.717, 1.165) is 19.5 Å². The normalized spacial score (nSPS) is 32.9. The third kappa shape index (κ3) is 3.46. The van der Waals surface area contributed by atoms with Gasteiger partial charge in [0.2, 0.25) is 5.91 Å². The average molecular weight is 269 g/mol. The lowest BCUT2D eigenvalue weighted by Gasteiger charge is -2.30. The Morgan fingerprint density at radius 1 is 1.47 bits per heavy atom. The van der Waals surface area contributed by atoms with Gasteiger partial charge in [0, 0.05) is 32.8 Å². The third-order valence-electron chi connectivity index (χ3n) is 4.71. The number of amides is 1. The van der Waals surface area contributed by atoms with E-state index < -0.39 is 0 Å². The van der Waals surface area contributed by atoms with Crippen molar-refractivity contribution < 1.29 is 9.53 Å². The predicted molar refractivity (Wildman–Crippen MR) is 74.7 cm³/mol. The highest BCUT2D eigenvalue weighted by Crippen LogP contribution is 2.36. The van der Waals surface area contributed by atoms with Crippen molar-refractivity contribution in [2.75, 3.05) is 33.4 Å². The van der Waals surface area contributed by atoms with Crippen LogP contribution in [0.2, 0.25) is 0 Å². The Morgan fingerprint density at radius 2 is 2.26 bits per heavy atom. The number of methoxy groups -OCH3 is 1. The maximum Gasteiger partial charge on any atom is 0.237 e. The number of likely N-dealkylation sites (tertiary alicyclic amines) is 1. The number of fused-ring (bicyclic) bond motifs is 1. The van der Waals surface area contributed by atoms with E-state index in [0.29, 0.717) is 31.0 Å². The van der Waals surface area contributed by atoms with Crippen LogP contribution in [-0.2, 0) is 9.53 Å². The molecule has 1 heterocycles. The van der Waals surface area contributed by atoms with Crippen molar-refractivity contribution in [2.45, 2.75) is 38.3 Å². The minimum absolute atomic E-state index is 0.0605. The summed E-state index contributed by atoms with van der Waals surface area (Å²) in [5.74, 6) is 1.38. The van der Waals surface area contributed by atoms with E-state index in [1.807, 2.05) is 6.92 Å². The first kappa shape index (κ1) is 14.8. The van der Waals surface area contributed by atoms with E-state index in [2.05, 4.69) is 10.2 Å². The second kappa shape index (κ2) is 6.68. The minimum Gasteiger partial charge on any atom is -0.383 e. The number of nitrogens with two attached hydrogens (primary N) is 1. The first-order chi connectivity index (χ1) is 9.13. The molecule has 1 saturated heterocycles. The summed E-state index contributed by atoms with van der Waals surface area (Å²) in [7, 11) is 1.64. The first-order valence-corrected chi connectivity index (χ1v) is 7.39. The first-order valence-electron chi connectivity index (χ1n) is 7.39. The van der Waals surface area contributed by atoms with Crippen LogP contribution in [0.1, 0.15) is 26.2 Å². The van der Waals surface area contributed by atoms with E-state index in [9.17, 15) is 4.79 Å². The van der Waals surface area contributed by atoms with Gasteiger partial charge in [-0.15, -0.1) is 0 Å². The molecule has 4 atom stereocenters. The van der Waals surface area contributed by atoms with E-state index in [1.165, 1.54) is 12.8 Å². The van der Waals surface area contributed by atoms with Gasteiger partial charge in [-0.3, -0.25) is 9.69 Å². The summed E-state index contributed by atoms with van der Waals surface area (Å²) in [5, 5.41) is 2.92. The Morgan fingerprint density at radius 3 is 2.95 bits per heavy atom. The summed E-state index contributed by atoms with van der Waals surface area (Å²) in [5.41, 5.74) is 6.21. The summed E-state index contributed by atoms with van der Waals surface area (Å²) in [6, 6.07) is 0.266. The molecule has 2 rings (SSSR count). The van der Waals surface area contributed by atoms with Crippen LogP contribution in [-0.4, -0.2) is 56.2 Å². The molecule has 0 spiro atoms. The SMILES string of the molecule is COCCNC(=O)C(C)N1CC2CCCC(N)C2C1. The molecule has 1 amide bonds. The number of rotatable bonds is 5. The van der Waals surface area contributed by atoms with Crippen molar-refractivity contribution in [3.05, 3.63) is 0 Å². The quantitative estimate of drug-likeness (QED) is 0.700. The van der Waals surface area contributed by atoms with Gasteiger partial charge in [-0.25, -0.2) is 0 Å². The molecule has 2 aliphatic rings. The molecule has 0 bridgehead atoms. The number of hydrogen-bond donors (Lipinski definition) is 2. The van der Waals surface area contributed by atoms with E-state index in [-0.39, 0.29) is 11.9 Å². The van der Waals surface area contributed by atoms with Crippen molar-refractivity contribution in [1.29, 1.82) is 0 Å². The van der Waals surface area contributed by atoms with Gasteiger partial charge in [0.25, 0.3) is 0 Å². The van der Waals surface area contributed by atoms with Gasteiger partial charge in [-0.1, -0.05) is 6.42 Å². The van der Waals surface area contributed by atoms with E-state index in [1.54, 1.807) is 7.11 Å². The lowest BCUT2D eigenvalue weighted by molar-refractivity contribution is -0.125. The van der Waals surface area contributed by atoms with Crippen molar-refractivity contribution in [3.8, 4) is 0 Å². The zero-order chi connectivity index (χ0) is 13.8. The van der Waals surface area contributed by atoms with Crippen LogP contribution >= 0.6 is 0 Å². The Kier molecular flexibility index (Phi) is 5.19. The molecule has 5 nitrogen and oxygen atoms in total. The number of nitrogens with zero attached hydrogens (tertiary/aromatic N) is 1. The lowest BCUT2D eigenvalue weighted by atomic mass is 9.78. The number of nitrogens with one attached hydrogen (secondary N) is 1. The Labute approximate surface area is 115 Å². The monoisotopic (exact) mass is 269 g/mol. The molecule has 3 N–H and O–H groups in total. The molecule has 5 heteroatoms. The zero-order valence-corrected chi connectivity index (χ0v) is 12.1. The number of hydrogen-bond acceptors (Lipinski definition) is 4. The van der Waals surface area contributed by atoms with Crippen molar-refractivity contribution >= 4 is 5.91 Å². The number of carbonyl (C=O) groups excluding carboxylic acids is 1. The van der Waals surface area contributed by atoms with Crippen molar-refractivity contribution in [2.24, 2.45) is 17.6 Å². The molecule has 0 aromatic heterocycles. The second-order valence-electron chi connectivity index (χ2n) is 5.93. The lowest BCUT2D eigenvalue weighted by Crippen LogP contribution is -2.45. The van der Waals surface area contributed by atoms with Crippen LogP contribution in [0.15, 0.2) is 0 Å². The van der Waals surface area contributed by atoms with Gasteiger partial charge in [0.15, 0.2) is 0 Å². The zero-order valence-electron chi connectivity index (χ0n) is 12.1. The highest BCUT2D eigenvalue weighted by Gasteiger charge is 2.41. The molecule has 110 valence electrons. The molecule has 1 aliphatic heterocycles. The third-order valence-corrected chi connectivity index (χ3v) is 4.71. The van der Waals surface area contributed by atoms with E-state index in [4.69, 9.17) is 10.5 Å². The fraction of sp³-hybridized carbons (Fsp3) is 0.929. The van der Waals surface area contributed by atoms with Gasteiger partial charge >= 0.3 is 0 Å². The maximum absolute atomic E-state index is 12.1. The van der Waals surface area contributed by atoms with E-state index >= 15 is 0 Å². The van der Waals surface area contributed by atoms with Gasteiger partial charge in [-0.05, 0) is 31.6 Å². The minimum atomic E-state index is -0.0605. The van der Waals surface area contributed by atoms with Gasteiger partial charge in [0.1, 0.15) is 0 Å². The molecule has 2 fully saturated rings. The van der Waals surface area contributed by atoms with Crippen LogP contribution in [0.5, 0.6) is 0 Å². The molecule has 0 aromatic rings. The summed E-state index contributed by atoms with van der Waals surface area (Å²) >= 11 is 0. The number of carbonyl (C=O) groups is 1. The summed E-state index contributed by atoms with van der Waals surface area (Å²) in [4.78, 5) is 14.3. The topological polar surface area (TPSA) is 67.6 Å². The molecule has 0 aromatic carbocycles. The van der Waals surface area contributed by atoms with Gasteiger partial charge in [-0.2, -0.15) is 0 Å². The highest BCUT2D eigenvalue weighted by molar-refractivity contribution is 5.81. The fourth-order valence-corrected chi connectivity index (χ4v) is 3.46. The van der Waals surface area contributed by atoms with Crippen LogP contribution in [0.3, 0.4) is 0 Å².